The molecule has 0 aliphatic rings. The minimum atomic E-state index is 0.0622. The van der Waals surface area contributed by atoms with Crippen molar-refractivity contribution >= 4 is 5.96 Å². The van der Waals surface area contributed by atoms with Gasteiger partial charge in [-0.3, -0.25) is 4.84 Å². The molecule has 0 bridgehead atoms. The SMILES string of the molecule is CC.CC(C)=CCON/C(N)=N/N. The third kappa shape index (κ3) is 13.7. The van der Waals surface area contributed by atoms with Crippen LogP contribution in [0, 0.1) is 0 Å². The van der Waals surface area contributed by atoms with E-state index < -0.39 is 0 Å². The van der Waals surface area contributed by atoms with E-state index in [1.54, 1.807) is 0 Å². The van der Waals surface area contributed by atoms with Crippen LogP contribution in [0.3, 0.4) is 0 Å². The summed E-state index contributed by atoms with van der Waals surface area (Å²) in [7, 11) is 0. The maximum absolute atomic E-state index is 5.16. The average molecular weight is 188 g/mol. The summed E-state index contributed by atoms with van der Waals surface area (Å²) in [6.07, 6.45) is 1.90. The Morgan fingerprint density at radius 3 is 2.38 bits per heavy atom. The summed E-state index contributed by atoms with van der Waals surface area (Å²) in [5, 5.41) is 3.14. The second-order valence-corrected chi connectivity index (χ2v) is 2.21. The van der Waals surface area contributed by atoms with Crippen LogP contribution in [-0.2, 0) is 4.84 Å². The Labute approximate surface area is 79.8 Å². The van der Waals surface area contributed by atoms with E-state index in [1.165, 1.54) is 5.57 Å². The molecule has 0 spiro atoms. The molecule has 0 saturated heterocycles. The van der Waals surface area contributed by atoms with Crippen molar-refractivity contribution in [3.8, 4) is 0 Å². The number of allylic oxidation sites excluding steroid dienone is 1. The van der Waals surface area contributed by atoms with Crippen LogP contribution in [0.2, 0.25) is 0 Å². The standard InChI is InChI=1S/C6H14N4O.C2H6/c1-5(2)3-4-11-10-6(7)9-8;1-2/h3H,4,8H2,1-2H3,(H3,7,9,10);1-2H3. The second kappa shape index (κ2) is 10.8. The van der Waals surface area contributed by atoms with E-state index in [0.29, 0.717) is 6.61 Å². The van der Waals surface area contributed by atoms with Gasteiger partial charge in [0.25, 0.3) is 0 Å². The highest BCUT2D eigenvalue weighted by Gasteiger charge is 1.86. The maximum Gasteiger partial charge on any atom is 0.234 e. The Kier molecular flexibility index (Phi) is 11.8. The molecule has 0 radical (unpaired) electrons. The van der Waals surface area contributed by atoms with E-state index in [9.17, 15) is 0 Å². The summed E-state index contributed by atoms with van der Waals surface area (Å²) >= 11 is 0. The van der Waals surface area contributed by atoms with Crippen LogP contribution in [0.4, 0.5) is 0 Å². The van der Waals surface area contributed by atoms with Gasteiger partial charge in [0.05, 0.1) is 6.61 Å². The van der Waals surface area contributed by atoms with E-state index in [1.807, 2.05) is 33.8 Å². The molecule has 0 aromatic heterocycles. The van der Waals surface area contributed by atoms with E-state index >= 15 is 0 Å². The van der Waals surface area contributed by atoms with Gasteiger partial charge < -0.3 is 11.6 Å². The van der Waals surface area contributed by atoms with Gasteiger partial charge in [0.1, 0.15) is 0 Å². The van der Waals surface area contributed by atoms with Crippen molar-refractivity contribution in [2.24, 2.45) is 16.7 Å². The van der Waals surface area contributed by atoms with Crippen molar-refractivity contribution < 1.29 is 4.84 Å². The Bertz CT molecular complexity index is 162. The third-order valence-electron chi connectivity index (χ3n) is 0.891. The Hall–Kier alpha value is -1.23. The van der Waals surface area contributed by atoms with Crippen LogP contribution in [0.15, 0.2) is 16.8 Å². The van der Waals surface area contributed by atoms with Crippen LogP contribution in [0.1, 0.15) is 27.7 Å². The number of hydrogen-bond donors (Lipinski definition) is 3. The van der Waals surface area contributed by atoms with Gasteiger partial charge in [-0.15, -0.1) is 5.10 Å². The number of nitrogens with two attached hydrogens (primary N) is 2. The summed E-state index contributed by atoms with van der Waals surface area (Å²) in [6.45, 7) is 8.39. The number of hydrazone groups is 1. The largest absolute Gasteiger partial charge is 0.367 e. The number of rotatable bonds is 3. The van der Waals surface area contributed by atoms with Gasteiger partial charge >= 0.3 is 0 Å². The number of nitrogens with one attached hydrogen (secondary N) is 1. The fourth-order valence-corrected chi connectivity index (χ4v) is 0.350. The fraction of sp³-hybridized carbons (Fsp3) is 0.625. The molecular formula is C8H20N4O. The molecule has 0 aliphatic heterocycles. The van der Waals surface area contributed by atoms with Gasteiger partial charge in [0.15, 0.2) is 0 Å². The lowest BCUT2D eigenvalue weighted by atomic mass is 10.3. The Morgan fingerprint density at radius 2 is 2.00 bits per heavy atom. The quantitative estimate of drug-likeness (QED) is 0.152. The first-order valence-corrected chi connectivity index (χ1v) is 4.21. The highest BCUT2D eigenvalue weighted by atomic mass is 16.6. The minimum absolute atomic E-state index is 0.0622. The first kappa shape index (κ1) is 14.3. The van der Waals surface area contributed by atoms with Gasteiger partial charge in [-0.25, -0.2) is 5.48 Å². The van der Waals surface area contributed by atoms with Crippen molar-refractivity contribution in [3.05, 3.63) is 11.6 Å². The van der Waals surface area contributed by atoms with E-state index in [-0.39, 0.29) is 5.96 Å². The zero-order valence-corrected chi connectivity index (χ0v) is 8.79. The molecule has 5 N–H and O–H groups in total. The molecular weight excluding hydrogens is 168 g/mol. The summed E-state index contributed by atoms with van der Waals surface area (Å²) in [5.41, 5.74) is 8.68. The van der Waals surface area contributed by atoms with Crippen molar-refractivity contribution in [2.45, 2.75) is 27.7 Å². The number of hydroxylamine groups is 1. The van der Waals surface area contributed by atoms with Gasteiger partial charge in [-0.05, 0) is 13.8 Å². The smallest absolute Gasteiger partial charge is 0.234 e. The predicted octanol–water partition coefficient (Wildman–Crippen LogP) is 0.688. The van der Waals surface area contributed by atoms with Crippen LogP contribution in [0.25, 0.3) is 0 Å². The van der Waals surface area contributed by atoms with Gasteiger partial charge in [-0.2, -0.15) is 0 Å². The van der Waals surface area contributed by atoms with E-state index in [0.717, 1.165) is 0 Å². The van der Waals surface area contributed by atoms with E-state index in [4.69, 9.17) is 16.4 Å². The average Bonchev–Trinajstić information content (AvgIpc) is 2.15. The molecule has 78 valence electrons. The molecule has 5 nitrogen and oxygen atoms in total. The summed E-state index contributed by atoms with van der Waals surface area (Å²) < 4.78 is 0. The first-order valence-electron chi connectivity index (χ1n) is 4.21. The molecule has 0 unspecified atom stereocenters. The minimum Gasteiger partial charge on any atom is -0.367 e. The Balaban J connectivity index is 0. The van der Waals surface area contributed by atoms with Crippen LogP contribution >= 0.6 is 0 Å². The summed E-state index contributed by atoms with van der Waals surface area (Å²) in [4.78, 5) is 4.83. The molecule has 0 atom stereocenters. The second-order valence-electron chi connectivity index (χ2n) is 2.21. The molecule has 0 fully saturated rings. The number of hydrogen-bond acceptors (Lipinski definition) is 3. The zero-order chi connectivity index (χ0) is 10.7. The first-order chi connectivity index (χ1) is 6.16. The van der Waals surface area contributed by atoms with Gasteiger partial charge in [-0.1, -0.05) is 25.5 Å². The maximum atomic E-state index is 5.16. The lowest BCUT2D eigenvalue weighted by molar-refractivity contribution is 0.109. The van der Waals surface area contributed by atoms with Crippen LogP contribution < -0.4 is 17.1 Å². The molecule has 5 heteroatoms. The summed E-state index contributed by atoms with van der Waals surface area (Å²) in [5.74, 6) is 4.88. The zero-order valence-electron chi connectivity index (χ0n) is 8.79. The van der Waals surface area contributed by atoms with Crippen LogP contribution in [0.5, 0.6) is 0 Å². The normalized spacial score (nSPS) is 9.69. The van der Waals surface area contributed by atoms with Crippen molar-refractivity contribution in [2.75, 3.05) is 6.61 Å². The van der Waals surface area contributed by atoms with Crippen molar-refractivity contribution in [1.82, 2.24) is 5.48 Å². The molecule has 0 amide bonds. The Morgan fingerprint density at radius 1 is 1.46 bits per heavy atom. The predicted molar refractivity (Wildman–Crippen MR) is 55.7 cm³/mol. The monoisotopic (exact) mass is 188 g/mol. The molecule has 0 saturated carbocycles. The molecule has 0 aromatic rings. The molecule has 0 heterocycles. The topological polar surface area (TPSA) is 85.7 Å². The van der Waals surface area contributed by atoms with E-state index in [2.05, 4.69) is 10.6 Å². The highest BCUT2D eigenvalue weighted by molar-refractivity contribution is 5.76. The van der Waals surface area contributed by atoms with Crippen LogP contribution in [-0.4, -0.2) is 12.6 Å². The number of nitrogens with zero attached hydrogens (tertiary/aromatic N) is 1. The van der Waals surface area contributed by atoms with Gasteiger partial charge in [0, 0.05) is 0 Å². The van der Waals surface area contributed by atoms with Crippen molar-refractivity contribution in [1.29, 1.82) is 0 Å². The highest BCUT2D eigenvalue weighted by Crippen LogP contribution is 1.86. The molecule has 0 aromatic carbocycles. The lowest BCUT2D eigenvalue weighted by Gasteiger charge is -2.01. The number of guanidine groups is 1. The lowest BCUT2D eigenvalue weighted by Crippen LogP contribution is -2.32. The molecule has 0 rings (SSSR count). The molecule has 13 heavy (non-hydrogen) atoms. The third-order valence-corrected chi connectivity index (χ3v) is 0.891. The van der Waals surface area contributed by atoms with Gasteiger partial charge in [0.2, 0.25) is 5.96 Å². The molecule has 0 aliphatic carbocycles. The fourth-order valence-electron chi connectivity index (χ4n) is 0.350. The summed E-state index contributed by atoms with van der Waals surface area (Å²) in [6, 6.07) is 0. The van der Waals surface area contributed by atoms with Crippen molar-refractivity contribution in [3.63, 3.8) is 0 Å².